The van der Waals surface area contributed by atoms with Crippen LogP contribution in [0.1, 0.15) is 42.7 Å². The molecular formula is C12H15ClN2O4. The molecule has 1 aromatic rings. The van der Waals surface area contributed by atoms with Crippen LogP contribution in [-0.4, -0.2) is 22.2 Å². The van der Waals surface area contributed by atoms with E-state index in [1.54, 1.807) is 0 Å². The first-order valence-corrected chi connectivity index (χ1v) is 6.70. The van der Waals surface area contributed by atoms with Gasteiger partial charge in [0.25, 0.3) is 5.91 Å². The first kappa shape index (κ1) is 13.9. The Morgan fingerprint density at radius 1 is 1.37 bits per heavy atom. The van der Waals surface area contributed by atoms with E-state index in [1.165, 1.54) is 12.1 Å². The van der Waals surface area contributed by atoms with Crippen LogP contribution in [0, 0.1) is 10.1 Å². The second-order valence-electron chi connectivity index (χ2n) is 4.63. The van der Waals surface area contributed by atoms with Crippen LogP contribution >= 0.6 is 11.6 Å². The predicted molar refractivity (Wildman–Crippen MR) is 69.3 cm³/mol. The van der Waals surface area contributed by atoms with Crippen molar-refractivity contribution in [2.45, 2.75) is 43.5 Å². The first-order chi connectivity index (χ1) is 9.08. The molecule has 1 fully saturated rings. The van der Waals surface area contributed by atoms with Gasteiger partial charge in [-0.25, -0.2) is 0 Å². The van der Waals surface area contributed by atoms with Crippen LogP contribution in [0.2, 0.25) is 0 Å². The predicted octanol–water partition coefficient (Wildman–Crippen LogP) is 2.86. The molecule has 2 atom stereocenters. The summed E-state index contributed by atoms with van der Waals surface area (Å²) in [5, 5.41) is 13.2. The number of hydrogen-bond acceptors (Lipinski definition) is 4. The fourth-order valence-electron chi connectivity index (χ4n) is 2.21. The van der Waals surface area contributed by atoms with Crippen LogP contribution in [0.4, 0.5) is 5.88 Å². The van der Waals surface area contributed by atoms with E-state index in [2.05, 4.69) is 5.32 Å². The van der Waals surface area contributed by atoms with Crippen molar-refractivity contribution < 1.29 is 14.1 Å². The number of furan rings is 1. The zero-order valence-electron chi connectivity index (χ0n) is 10.3. The summed E-state index contributed by atoms with van der Waals surface area (Å²) in [5.74, 6) is -0.945. The monoisotopic (exact) mass is 286 g/mol. The Kier molecular flexibility index (Phi) is 4.42. The van der Waals surface area contributed by atoms with E-state index >= 15 is 0 Å². The normalized spacial score (nSPS) is 23.6. The lowest BCUT2D eigenvalue weighted by Gasteiger charge is -2.20. The minimum atomic E-state index is -0.674. The number of alkyl halides is 1. The van der Waals surface area contributed by atoms with Gasteiger partial charge >= 0.3 is 5.88 Å². The third-order valence-corrected chi connectivity index (χ3v) is 3.77. The summed E-state index contributed by atoms with van der Waals surface area (Å²) >= 11 is 6.22. The lowest BCUT2D eigenvalue weighted by molar-refractivity contribution is -0.402. The summed E-state index contributed by atoms with van der Waals surface area (Å²) in [6.07, 6.45) is 4.88. The van der Waals surface area contributed by atoms with Crippen molar-refractivity contribution >= 4 is 23.4 Å². The molecule has 19 heavy (non-hydrogen) atoms. The van der Waals surface area contributed by atoms with Gasteiger partial charge in [0, 0.05) is 6.04 Å². The third-order valence-electron chi connectivity index (χ3n) is 3.24. The SMILES string of the molecule is O=C(NC1CCCCCC1Cl)c1ccc([N+](=O)[O-])o1. The zero-order valence-corrected chi connectivity index (χ0v) is 11.1. The quantitative estimate of drug-likeness (QED) is 0.401. The maximum absolute atomic E-state index is 11.9. The Bertz CT molecular complexity index is 474. The second-order valence-corrected chi connectivity index (χ2v) is 5.19. The number of hydrogen-bond donors (Lipinski definition) is 1. The van der Waals surface area contributed by atoms with Crippen molar-refractivity contribution in [3.05, 3.63) is 28.0 Å². The van der Waals surface area contributed by atoms with Gasteiger partial charge in [-0.3, -0.25) is 14.9 Å². The summed E-state index contributed by atoms with van der Waals surface area (Å²) < 4.78 is 4.86. The fraction of sp³-hybridized carbons (Fsp3) is 0.583. The van der Waals surface area contributed by atoms with Gasteiger partial charge in [-0.1, -0.05) is 19.3 Å². The highest BCUT2D eigenvalue weighted by Gasteiger charge is 2.25. The Labute approximate surface area is 115 Å². The Morgan fingerprint density at radius 3 is 2.79 bits per heavy atom. The van der Waals surface area contributed by atoms with E-state index in [-0.39, 0.29) is 17.2 Å². The molecule has 2 unspecified atom stereocenters. The molecule has 7 heteroatoms. The van der Waals surface area contributed by atoms with Crippen LogP contribution in [0.5, 0.6) is 0 Å². The van der Waals surface area contributed by atoms with Gasteiger partial charge in [0.15, 0.2) is 5.76 Å². The lowest BCUT2D eigenvalue weighted by atomic mass is 10.1. The Balaban J connectivity index is 2.00. The molecule has 1 saturated carbocycles. The average molecular weight is 287 g/mol. The molecule has 0 aromatic carbocycles. The second kappa shape index (κ2) is 6.06. The minimum absolute atomic E-state index is 0.0557. The molecule has 2 rings (SSSR count). The van der Waals surface area contributed by atoms with E-state index in [9.17, 15) is 14.9 Å². The molecule has 1 N–H and O–H groups in total. The van der Waals surface area contributed by atoms with Crippen LogP contribution in [0.15, 0.2) is 16.5 Å². The largest absolute Gasteiger partial charge is 0.433 e. The van der Waals surface area contributed by atoms with Gasteiger partial charge in [0.2, 0.25) is 0 Å². The number of nitrogens with one attached hydrogen (secondary N) is 1. The van der Waals surface area contributed by atoms with Crippen LogP contribution in [0.3, 0.4) is 0 Å². The molecule has 6 nitrogen and oxygen atoms in total. The number of nitrogens with zero attached hydrogens (tertiary/aromatic N) is 1. The summed E-state index contributed by atoms with van der Waals surface area (Å²) in [6.45, 7) is 0. The fourth-order valence-corrected chi connectivity index (χ4v) is 2.56. The highest BCUT2D eigenvalue weighted by atomic mass is 35.5. The summed E-state index contributed by atoms with van der Waals surface area (Å²) in [4.78, 5) is 21.7. The van der Waals surface area contributed by atoms with Crippen molar-refractivity contribution in [3.8, 4) is 0 Å². The molecule has 0 radical (unpaired) electrons. The van der Waals surface area contributed by atoms with Gasteiger partial charge in [-0.2, -0.15) is 0 Å². The smallest absolute Gasteiger partial charge is 0.395 e. The molecule has 0 bridgehead atoms. The first-order valence-electron chi connectivity index (χ1n) is 6.27. The van der Waals surface area contributed by atoms with Gasteiger partial charge in [-0.15, -0.1) is 11.6 Å². The molecule has 1 aromatic heterocycles. The van der Waals surface area contributed by atoms with Gasteiger partial charge in [-0.05, 0) is 18.9 Å². The number of halogens is 1. The van der Waals surface area contributed by atoms with Crippen LogP contribution in [-0.2, 0) is 0 Å². The maximum atomic E-state index is 11.9. The van der Waals surface area contributed by atoms with E-state index in [0.717, 1.165) is 32.1 Å². The Hall–Kier alpha value is -1.56. The minimum Gasteiger partial charge on any atom is -0.395 e. The molecule has 1 aliphatic rings. The van der Waals surface area contributed by atoms with E-state index in [0.29, 0.717) is 0 Å². The van der Waals surface area contributed by atoms with Crippen molar-refractivity contribution in [3.63, 3.8) is 0 Å². The lowest BCUT2D eigenvalue weighted by Crippen LogP contribution is -2.40. The van der Waals surface area contributed by atoms with Crippen LogP contribution < -0.4 is 5.32 Å². The number of carbonyl (C=O) groups excluding carboxylic acids is 1. The van der Waals surface area contributed by atoms with Gasteiger partial charge < -0.3 is 9.73 Å². The number of amides is 1. The number of rotatable bonds is 3. The highest BCUT2D eigenvalue weighted by Crippen LogP contribution is 2.23. The summed E-state index contributed by atoms with van der Waals surface area (Å²) in [6, 6.07) is 2.36. The molecule has 0 aliphatic heterocycles. The topological polar surface area (TPSA) is 85.4 Å². The van der Waals surface area contributed by atoms with Gasteiger partial charge in [0.1, 0.15) is 4.92 Å². The van der Waals surface area contributed by atoms with Crippen molar-refractivity contribution in [1.82, 2.24) is 5.32 Å². The standard InChI is InChI=1S/C12H15ClN2O4/c13-8-4-2-1-3-5-9(8)14-12(16)10-6-7-11(19-10)15(17)18/h6-9H,1-5H2,(H,14,16). The molecule has 0 spiro atoms. The molecule has 1 heterocycles. The average Bonchev–Trinajstić information content (AvgIpc) is 2.78. The molecule has 104 valence electrons. The molecule has 1 amide bonds. The molecular weight excluding hydrogens is 272 g/mol. The van der Waals surface area contributed by atoms with Crippen molar-refractivity contribution in [1.29, 1.82) is 0 Å². The summed E-state index contributed by atoms with van der Waals surface area (Å²) in [5.41, 5.74) is 0. The molecule has 0 saturated heterocycles. The molecule has 1 aliphatic carbocycles. The Morgan fingerprint density at radius 2 is 2.11 bits per heavy atom. The van der Waals surface area contributed by atoms with E-state index in [1.807, 2.05) is 0 Å². The zero-order chi connectivity index (χ0) is 13.8. The maximum Gasteiger partial charge on any atom is 0.433 e. The van der Waals surface area contributed by atoms with Crippen molar-refractivity contribution in [2.75, 3.05) is 0 Å². The highest BCUT2D eigenvalue weighted by molar-refractivity contribution is 6.21. The van der Waals surface area contributed by atoms with E-state index < -0.39 is 16.7 Å². The number of nitro groups is 1. The van der Waals surface area contributed by atoms with Crippen molar-refractivity contribution in [2.24, 2.45) is 0 Å². The van der Waals surface area contributed by atoms with E-state index in [4.69, 9.17) is 16.0 Å². The van der Waals surface area contributed by atoms with Gasteiger partial charge in [0.05, 0.1) is 11.4 Å². The summed E-state index contributed by atoms with van der Waals surface area (Å²) in [7, 11) is 0. The third kappa shape index (κ3) is 3.47. The number of carbonyl (C=O) groups is 1. The van der Waals surface area contributed by atoms with Crippen LogP contribution in [0.25, 0.3) is 0 Å².